The number of amides is 1. The van der Waals surface area contributed by atoms with E-state index in [2.05, 4.69) is 28.2 Å². The zero-order valence-electron chi connectivity index (χ0n) is 13.3. The van der Waals surface area contributed by atoms with E-state index in [4.69, 9.17) is 4.74 Å². The molecule has 2 aromatic rings. The van der Waals surface area contributed by atoms with Crippen molar-refractivity contribution in [3.63, 3.8) is 0 Å². The summed E-state index contributed by atoms with van der Waals surface area (Å²) >= 11 is 3.49. The third-order valence-electron chi connectivity index (χ3n) is 3.33. The van der Waals surface area contributed by atoms with E-state index >= 15 is 0 Å². The van der Waals surface area contributed by atoms with Gasteiger partial charge in [0.25, 0.3) is 0 Å². The zero-order chi connectivity index (χ0) is 16.7. The summed E-state index contributed by atoms with van der Waals surface area (Å²) in [4.78, 5) is 12.1. The van der Waals surface area contributed by atoms with Crippen molar-refractivity contribution in [2.24, 2.45) is 0 Å². The predicted molar refractivity (Wildman–Crippen MR) is 98.8 cm³/mol. The third-order valence-corrected chi connectivity index (χ3v) is 3.99. The van der Waals surface area contributed by atoms with Crippen LogP contribution in [0.3, 0.4) is 0 Å². The van der Waals surface area contributed by atoms with E-state index in [-0.39, 0.29) is 5.91 Å². The summed E-state index contributed by atoms with van der Waals surface area (Å²) in [7, 11) is 0. The van der Waals surface area contributed by atoms with Crippen molar-refractivity contribution < 1.29 is 9.53 Å². The first-order chi connectivity index (χ1) is 11.1. The summed E-state index contributed by atoms with van der Waals surface area (Å²) in [5, 5.41) is 2.87. The van der Waals surface area contributed by atoms with Gasteiger partial charge >= 0.3 is 0 Å². The van der Waals surface area contributed by atoms with Crippen LogP contribution >= 0.6 is 15.9 Å². The van der Waals surface area contributed by atoms with Crippen molar-refractivity contribution in [2.45, 2.75) is 20.3 Å². The molecule has 0 saturated carbocycles. The maximum Gasteiger partial charge on any atom is 0.248 e. The number of hydrogen-bond acceptors (Lipinski definition) is 2. The molecule has 2 rings (SSSR count). The molecule has 0 fully saturated rings. The van der Waals surface area contributed by atoms with E-state index < -0.39 is 0 Å². The maximum atomic E-state index is 12.1. The number of anilines is 1. The Hall–Kier alpha value is -2.07. The first-order valence-electron chi connectivity index (χ1n) is 7.63. The molecular weight excluding hydrogens is 354 g/mol. The molecule has 0 spiro atoms. The lowest BCUT2D eigenvalue weighted by Gasteiger charge is -2.08. The predicted octanol–water partition coefficient (Wildman–Crippen LogP) is 5.06. The standard InChI is InChI=1S/C19H20BrNO2/c1-3-14-9-11-17(16(20)13-14)21-19(22)12-10-15-7-5-6-8-18(15)23-4-2/h5-13H,3-4H2,1-2H3,(H,21,22)/b12-10+. The molecule has 0 bridgehead atoms. The molecule has 1 amide bonds. The van der Waals surface area contributed by atoms with Crippen LogP contribution in [-0.4, -0.2) is 12.5 Å². The Morgan fingerprint density at radius 3 is 2.70 bits per heavy atom. The first kappa shape index (κ1) is 17.3. The Bertz CT molecular complexity index is 710. The van der Waals surface area contributed by atoms with Gasteiger partial charge in [0.05, 0.1) is 12.3 Å². The van der Waals surface area contributed by atoms with Crippen molar-refractivity contribution in [2.75, 3.05) is 11.9 Å². The van der Waals surface area contributed by atoms with E-state index in [1.165, 1.54) is 11.6 Å². The highest BCUT2D eigenvalue weighted by molar-refractivity contribution is 9.10. The van der Waals surface area contributed by atoms with Gasteiger partial charge < -0.3 is 10.1 Å². The average molecular weight is 374 g/mol. The fraction of sp³-hybridized carbons (Fsp3) is 0.211. The van der Waals surface area contributed by atoms with E-state index in [1.807, 2.05) is 49.4 Å². The van der Waals surface area contributed by atoms with Crippen LogP contribution in [-0.2, 0) is 11.2 Å². The molecule has 1 N–H and O–H groups in total. The molecule has 0 heterocycles. The molecule has 3 nitrogen and oxygen atoms in total. The minimum Gasteiger partial charge on any atom is -0.493 e. The number of halogens is 1. The number of benzene rings is 2. The van der Waals surface area contributed by atoms with Gasteiger partial charge in [0.1, 0.15) is 5.75 Å². The van der Waals surface area contributed by atoms with Crippen molar-refractivity contribution in [1.29, 1.82) is 0 Å². The summed E-state index contributed by atoms with van der Waals surface area (Å²) in [6, 6.07) is 13.6. The summed E-state index contributed by atoms with van der Waals surface area (Å²) < 4.78 is 6.42. The lowest BCUT2D eigenvalue weighted by molar-refractivity contribution is -0.111. The highest BCUT2D eigenvalue weighted by Crippen LogP contribution is 2.24. The second-order valence-corrected chi connectivity index (χ2v) is 5.82. The second-order valence-electron chi connectivity index (χ2n) is 4.96. The molecule has 0 saturated heterocycles. The van der Waals surface area contributed by atoms with Crippen LogP contribution in [0.5, 0.6) is 5.75 Å². The largest absolute Gasteiger partial charge is 0.493 e. The fourth-order valence-electron chi connectivity index (χ4n) is 2.12. The molecule has 0 aliphatic carbocycles. The van der Waals surface area contributed by atoms with Crippen molar-refractivity contribution in [1.82, 2.24) is 0 Å². The van der Waals surface area contributed by atoms with E-state index in [1.54, 1.807) is 6.08 Å². The Balaban J connectivity index is 2.08. The molecule has 0 radical (unpaired) electrons. The van der Waals surface area contributed by atoms with Gasteiger partial charge in [-0.25, -0.2) is 0 Å². The van der Waals surface area contributed by atoms with Crippen molar-refractivity contribution in [3.8, 4) is 5.75 Å². The third kappa shape index (κ3) is 4.96. The Morgan fingerprint density at radius 1 is 1.22 bits per heavy atom. The lowest BCUT2D eigenvalue weighted by atomic mass is 10.1. The smallest absolute Gasteiger partial charge is 0.248 e. The summed E-state index contributed by atoms with van der Waals surface area (Å²) in [5.41, 5.74) is 2.86. The molecule has 0 aliphatic heterocycles. The minimum atomic E-state index is -0.179. The lowest BCUT2D eigenvalue weighted by Crippen LogP contribution is -2.08. The number of aryl methyl sites for hydroxylation is 1. The summed E-state index contributed by atoms with van der Waals surface area (Å²) in [5.74, 6) is 0.591. The van der Waals surface area contributed by atoms with E-state index in [0.717, 1.165) is 27.9 Å². The molecule has 0 aromatic heterocycles. The second kappa shape index (κ2) is 8.53. The number of nitrogens with one attached hydrogen (secondary N) is 1. The van der Waals surface area contributed by atoms with Crippen LogP contribution in [0.25, 0.3) is 6.08 Å². The highest BCUT2D eigenvalue weighted by atomic mass is 79.9. The molecule has 0 aliphatic rings. The number of rotatable bonds is 6. The fourth-order valence-corrected chi connectivity index (χ4v) is 2.65. The normalized spacial score (nSPS) is 10.7. The molecular formula is C19H20BrNO2. The van der Waals surface area contributed by atoms with Crippen LogP contribution in [0, 0.1) is 0 Å². The van der Waals surface area contributed by atoms with Crippen LogP contribution < -0.4 is 10.1 Å². The summed E-state index contributed by atoms with van der Waals surface area (Å²) in [6.07, 6.45) is 4.23. The van der Waals surface area contributed by atoms with Gasteiger partial charge in [-0.15, -0.1) is 0 Å². The van der Waals surface area contributed by atoms with E-state index in [9.17, 15) is 4.79 Å². The molecule has 23 heavy (non-hydrogen) atoms. The number of carbonyl (C=O) groups is 1. The van der Waals surface area contributed by atoms with Gasteiger partial charge in [0.15, 0.2) is 0 Å². The monoisotopic (exact) mass is 373 g/mol. The maximum absolute atomic E-state index is 12.1. The number of carbonyl (C=O) groups excluding carboxylic acids is 1. The molecule has 4 heteroatoms. The topological polar surface area (TPSA) is 38.3 Å². The van der Waals surface area contributed by atoms with Gasteiger partial charge in [-0.3, -0.25) is 4.79 Å². The van der Waals surface area contributed by atoms with Gasteiger partial charge in [-0.05, 0) is 59.1 Å². The first-order valence-corrected chi connectivity index (χ1v) is 8.42. The number of ether oxygens (including phenoxy) is 1. The molecule has 0 atom stereocenters. The molecule has 2 aromatic carbocycles. The van der Waals surface area contributed by atoms with Crippen molar-refractivity contribution >= 4 is 33.6 Å². The Labute approximate surface area is 145 Å². The van der Waals surface area contributed by atoms with E-state index in [0.29, 0.717) is 6.61 Å². The minimum absolute atomic E-state index is 0.179. The highest BCUT2D eigenvalue weighted by Gasteiger charge is 2.04. The van der Waals surface area contributed by atoms with Crippen LogP contribution in [0.2, 0.25) is 0 Å². The van der Waals surface area contributed by atoms with Crippen LogP contribution in [0.15, 0.2) is 53.0 Å². The number of para-hydroxylation sites is 1. The van der Waals surface area contributed by atoms with Gasteiger partial charge in [0.2, 0.25) is 5.91 Å². The van der Waals surface area contributed by atoms with Gasteiger partial charge in [0, 0.05) is 16.1 Å². The number of hydrogen-bond donors (Lipinski definition) is 1. The van der Waals surface area contributed by atoms with Gasteiger partial charge in [-0.2, -0.15) is 0 Å². The molecule has 120 valence electrons. The van der Waals surface area contributed by atoms with Crippen molar-refractivity contribution in [3.05, 3.63) is 64.1 Å². The summed E-state index contributed by atoms with van der Waals surface area (Å²) in [6.45, 7) is 4.62. The molecule has 0 unspecified atom stereocenters. The Morgan fingerprint density at radius 2 is 2.00 bits per heavy atom. The average Bonchev–Trinajstić information content (AvgIpc) is 2.56. The van der Waals surface area contributed by atoms with Gasteiger partial charge in [-0.1, -0.05) is 31.2 Å². The van der Waals surface area contributed by atoms with Crippen LogP contribution in [0.1, 0.15) is 25.0 Å². The zero-order valence-corrected chi connectivity index (χ0v) is 14.9. The SMILES string of the molecule is CCOc1ccccc1/C=C/C(=O)Nc1ccc(CC)cc1Br. The quantitative estimate of drug-likeness (QED) is 0.718. The van der Waals surface area contributed by atoms with Crippen LogP contribution in [0.4, 0.5) is 5.69 Å². The Kier molecular flexibility index (Phi) is 6.41.